The van der Waals surface area contributed by atoms with Crippen molar-refractivity contribution in [2.24, 2.45) is 0 Å². The lowest BCUT2D eigenvalue weighted by atomic mass is 10.2. The SMILES string of the molecule is O=C(O)c1ccccc1S(=O)(=O)NCCF. The number of rotatable bonds is 5. The highest BCUT2D eigenvalue weighted by Crippen LogP contribution is 2.14. The van der Waals surface area contributed by atoms with Crippen LogP contribution in [0.25, 0.3) is 0 Å². The van der Waals surface area contributed by atoms with Crippen LogP contribution in [0.4, 0.5) is 4.39 Å². The van der Waals surface area contributed by atoms with Gasteiger partial charge in [0.15, 0.2) is 0 Å². The predicted octanol–water partition coefficient (Wildman–Crippen LogP) is 0.633. The average Bonchev–Trinajstić information content (AvgIpc) is 2.26. The van der Waals surface area contributed by atoms with Gasteiger partial charge in [0.2, 0.25) is 10.0 Å². The minimum atomic E-state index is -3.97. The van der Waals surface area contributed by atoms with E-state index in [0.717, 1.165) is 6.07 Å². The van der Waals surface area contributed by atoms with Crippen molar-refractivity contribution in [2.45, 2.75) is 4.90 Å². The molecule has 0 aliphatic heterocycles. The topological polar surface area (TPSA) is 83.5 Å². The maximum atomic E-state index is 11.9. The zero-order valence-corrected chi connectivity index (χ0v) is 9.00. The molecule has 0 aromatic heterocycles. The Labute approximate surface area is 92.0 Å². The Balaban J connectivity index is 3.17. The summed E-state index contributed by atoms with van der Waals surface area (Å²) in [6, 6.07) is 5.14. The molecule has 0 radical (unpaired) electrons. The lowest BCUT2D eigenvalue weighted by molar-refractivity contribution is 0.0692. The number of aromatic carboxylic acids is 1. The number of nitrogens with one attached hydrogen (secondary N) is 1. The third-order valence-corrected chi connectivity index (χ3v) is 3.31. The van der Waals surface area contributed by atoms with Crippen LogP contribution in [-0.2, 0) is 10.0 Å². The van der Waals surface area contributed by atoms with Crippen molar-refractivity contribution in [1.82, 2.24) is 4.72 Å². The first-order chi connectivity index (χ1) is 7.49. The Hall–Kier alpha value is -1.47. The fourth-order valence-corrected chi connectivity index (χ4v) is 2.33. The van der Waals surface area contributed by atoms with Crippen molar-refractivity contribution in [3.8, 4) is 0 Å². The highest BCUT2D eigenvalue weighted by molar-refractivity contribution is 7.89. The largest absolute Gasteiger partial charge is 0.478 e. The first-order valence-corrected chi connectivity index (χ1v) is 5.85. The molecular weight excluding hydrogens is 237 g/mol. The van der Waals surface area contributed by atoms with Gasteiger partial charge in [0.1, 0.15) is 6.67 Å². The molecule has 16 heavy (non-hydrogen) atoms. The number of carboxylic acid groups (broad SMARTS) is 1. The molecule has 0 amide bonds. The van der Waals surface area contributed by atoms with Gasteiger partial charge in [-0.1, -0.05) is 12.1 Å². The van der Waals surface area contributed by atoms with Crippen molar-refractivity contribution in [3.05, 3.63) is 29.8 Å². The number of carbonyl (C=O) groups is 1. The standard InChI is InChI=1S/C9H10FNO4S/c10-5-6-11-16(14,15)8-4-2-1-3-7(8)9(12)13/h1-4,11H,5-6H2,(H,12,13). The van der Waals surface area contributed by atoms with Gasteiger partial charge >= 0.3 is 5.97 Å². The molecule has 0 spiro atoms. The van der Waals surface area contributed by atoms with Gasteiger partial charge in [-0.25, -0.2) is 22.3 Å². The first-order valence-electron chi connectivity index (χ1n) is 4.37. The van der Waals surface area contributed by atoms with Crippen molar-refractivity contribution in [1.29, 1.82) is 0 Å². The Morgan fingerprint density at radius 1 is 1.38 bits per heavy atom. The zero-order valence-electron chi connectivity index (χ0n) is 8.18. The number of hydrogen-bond donors (Lipinski definition) is 2. The van der Waals surface area contributed by atoms with E-state index < -0.39 is 22.7 Å². The van der Waals surface area contributed by atoms with Gasteiger partial charge in [0.05, 0.1) is 10.5 Å². The van der Waals surface area contributed by atoms with E-state index in [-0.39, 0.29) is 17.0 Å². The van der Waals surface area contributed by atoms with Crippen LogP contribution in [0.5, 0.6) is 0 Å². The molecule has 7 heteroatoms. The summed E-state index contributed by atoms with van der Waals surface area (Å²) in [5, 5.41) is 8.79. The third kappa shape index (κ3) is 2.77. The van der Waals surface area contributed by atoms with Crippen LogP contribution in [0, 0.1) is 0 Å². The molecule has 1 aromatic rings. The fourth-order valence-electron chi connectivity index (χ4n) is 1.13. The Kier molecular flexibility index (Phi) is 3.97. The van der Waals surface area contributed by atoms with Crippen molar-refractivity contribution >= 4 is 16.0 Å². The van der Waals surface area contributed by atoms with Crippen LogP contribution in [0.3, 0.4) is 0 Å². The molecule has 88 valence electrons. The summed E-state index contributed by atoms with van der Waals surface area (Å²) >= 11 is 0. The van der Waals surface area contributed by atoms with Gasteiger partial charge < -0.3 is 5.11 Å². The summed E-state index contributed by atoms with van der Waals surface area (Å²) in [5.41, 5.74) is -0.339. The van der Waals surface area contributed by atoms with Crippen LogP contribution in [0.15, 0.2) is 29.2 Å². The van der Waals surface area contributed by atoms with E-state index in [1.807, 2.05) is 4.72 Å². The van der Waals surface area contributed by atoms with Gasteiger partial charge in [0.25, 0.3) is 0 Å². The van der Waals surface area contributed by atoms with Crippen LogP contribution in [0.2, 0.25) is 0 Å². The summed E-state index contributed by atoms with van der Waals surface area (Å²) < 4.78 is 37.0. The van der Waals surface area contributed by atoms with Gasteiger partial charge in [0, 0.05) is 6.54 Å². The van der Waals surface area contributed by atoms with E-state index in [1.54, 1.807) is 0 Å². The summed E-state index contributed by atoms with van der Waals surface area (Å²) in [6.45, 7) is -1.23. The van der Waals surface area contributed by atoms with E-state index in [4.69, 9.17) is 5.11 Å². The third-order valence-electron chi connectivity index (χ3n) is 1.79. The molecule has 0 heterocycles. The average molecular weight is 247 g/mol. The molecule has 2 N–H and O–H groups in total. The number of sulfonamides is 1. The number of hydrogen-bond acceptors (Lipinski definition) is 3. The Morgan fingerprint density at radius 3 is 2.56 bits per heavy atom. The second-order valence-corrected chi connectivity index (χ2v) is 4.62. The highest BCUT2D eigenvalue weighted by atomic mass is 32.2. The molecule has 1 rings (SSSR count). The van der Waals surface area contributed by atoms with Gasteiger partial charge in [-0.15, -0.1) is 0 Å². The second-order valence-electron chi connectivity index (χ2n) is 2.89. The van der Waals surface area contributed by atoms with E-state index in [0.29, 0.717) is 0 Å². The fraction of sp³-hybridized carbons (Fsp3) is 0.222. The van der Waals surface area contributed by atoms with E-state index >= 15 is 0 Å². The second kappa shape index (κ2) is 5.04. The van der Waals surface area contributed by atoms with Crippen LogP contribution >= 0.6 is 0 Å². The molecule has 0 unspecified atom stereocenters. The van der Waals surface area contributed by atoms with E-state index in [1.165, 1.54) is 18.2 Å². The minimum absolute atomic E-state index is 0.339. The van der Waals surface area contributed by atoms with Gasteiger partial charge in [-0.05, 0) is 12.1 Å². The monoisotopic (exact) mass is 247 g/mol. The first kappa shape index (κ1) is 12.6. The molecule has 0 fully saturated rings. The summed E-state index contributed by atoms with van der Waals surface area (Å²) in [5.74, 6) is -1.35. The van der Waals surface area contributed by atoms with Crippen LogP contribution in [-0.4, -0.2) is 32.7 Å². The number of carboxylic acids is 1. The quantitative estimate of drug-likeness (QED) is 0.799. The lowest BCUT2D eigenvalue weighted by Gasteiger charge is -2.07. The smallest absolute Gasteiger partial charge is 0.337 e. The summed E-state index contributed by atoms with van der Waals surface area (Å²) in [7, 11) is -3.97. The molecule has 0 saturated heterocycles. The van der Waals surface area contributed by atoms with Gasteiger partial charge in [-0.3, -0.25) is 0 Å². The number of halogens is 1. The molecule has 0 saturated carbocycles. The Morgan fingerprint density at radius 2 is 2.00 bits per heavy atom. The summed E-state index contributed by atoms with van der Waals surface area (Å²) in [4.78, 5) is 10.4. The van der Waals surface area contributed by atoms with Crippen LogP contribution < -0.4 is 4.72 Å². The summed E-state index contributed by atoms with van der Waals surface area (Å²) in [6.07, 6.45) is 0. The molecule has 0 atom stereocenters. The van der Waals surface area contributed by atoms with Crippen LogP contribution in [0.1, 0.15) is 10.4 Å². The molecule has 0 bridgehead atoms. The van der Waals surface area contributed by atoms with Crippen molar-refractivity contribution in [2.75, 3.05) is 13.2 Å². The molecule has 0 aliphatic carbocycles. The highest BCUT2D eigenvalue weighted by Gasteiger charge is 2.20. The molecule has 5 nitrogen and oxygen atoms in total. The Bertz CT molecular complexity index is 486. The minimum Gasteiger partial charge on any atom is -0.478 e. The lowest BCUT2D eigenvalue weighted by Crippen LogP contribution is -2.27. The number of alkyl halides is 1. The van der Waals surface area contributed by atoms with Crippen molar-refractivity contribution in [3.63, 3.8) is 0 Å². The maximum Gasteiger partial charge on any atom is 0.337 e. The zero-order chi connectivity index (χ0) is 12.2. The van der Waals surface area contributed by atoms with Crippen molar-refractivity contribution < 1.29 is 22.7 Å². The normalized spacial score (nSPS) is 11.3. The van der Waals surface area contributed by atoms with E-state index in [2.05, 4.69) is 0 Å². The maximum absolute atomic E-state index is 11.9. The predicted molar refractivity (Wildman–Crippen MR) is 54.6 cm³/mol. The number of benzene rings is 1. The van der Waals surface area contributed by atoms with Gasteiger partial charge in [-0.2, -0.15) is 0 Å². The molecule has 0 aliphatic rings. The molecular formula is C9H10FNO4S. The van der Waals surface area contributed by atoms with E-state index in [9.17, 15) is 17.6 Å². The molecule has 1 aromatic carbocycles.